The molecule has 3 atom stereocenters. The van der Waals surface area contributed by atoms with Gasteiger partial charge in [0.15, 0.2) is 0 Å². The molecule has 120 valence electrons. The molecule has 2 N–H and O–H groups in total. The van der Waals surface area contributed by atoms with E-state index in [0.717, 1.165) is 19.4 Å². The number of methoxy groups -OCH3 is 1. The zero-order chi connectivity index (χ0) is 15.7. The minimum absolute atomic E-state index is 0.0395. The molecule has 0 heterocycles. The number of hydrogen-bond donors (Lipinski definition) is 2. The van der Waals surface area contributed by atoms with Crippen LogP contribution >= 0.6 is 0 Å². The summed E-state index contributed by atoms with van der Waals surface area (Å²) in [5.74, 6) is 1.13. The van der Waals surface area contributed by atoms with E-state index in [1.54, 1.807) is 7.11 Å². The molecule has 0 aromatic heterocycles. The average molecular weight is 302 g/mol. The lowest BCUT2D eigenvalue weighted by Crippen LogP contribution is -2.42. The van der Waals surface area contributed by atoms with Crippen LogP contribution in [0, 0.1) is 11.3 Å². The molecule has 0 radical (unpaired) electrons. The van der Waals surface area contributed by atoms with Crippen molar-refractivity contribution in [3.63, 3.8) is 0 Å². The Morgan fingerprint density at radius 3 is 2.91 bits per heavy atom. The second kappa shape index (κ2) is 5.92. The first kappa shape index (κ1) is 15.3. The molecule has 1 aromatic carbocycles. The highest BCUT2D eigenvalue weighted by Gasteiger charge is 2.56. The van der Waals surface area contributed by atoms with Crippen molar-refractivity contribution in [2.24, 2.45) is 11.3 Å². The average Bonchev–Trinajstić information content (AvgIpc) is 3.00. The monoisotopic (exact) mass is 302 g/mol. The van der Waals surface area contributed by atoms with E-state index in [1.807, 2.05) is 0 Å². The summed E-state index contributed by atoms with van der Waals surface area (Å²) in [6, 6.07) is 8.87. The summed E-state index contributed by atoms with van der Waals surface area (Å²) in [6.45, 7) is 5.68. The van der Waals surface area contributed by atoms with Gasteiger partial charge >= 0.3 is 6.03 Å². The van der Waals surface area contributed by atoms with E-state index in [2.05, 4.69) is 48.7 Å². The van der Waals surface area contributed by atoms with Gasteiger partial charge in [-0.1, -0.05) is 38.1 Å². The van der Waals surface area contributed by atoms with Crippen LogP contribution < -0.4 is 10.6 Å². The van der Waals surface area contributed by atoms with Gasteiger partial charge in [0.2, 0.25) is 0 Å². The minimum atomic E-state index is -0.0395. The normalized spacial score (nSPS) is 25.3. The third kappa shape index (κ3) is 3.12. The summed E-state index contributed by atoms with van der Waals surface area (Å²) < 4.78 is 5.11. The van der Waals surface area contributed by atoms with Crippen LogP contribution in [0.5, 0.6) is 0 Å². The second-order valence-corrected chi connectivity index (χ2v) is 7.35. The molecule has 0 unspecified atom stereocenters. The molecule has 0 aliphatic heterocycles. The molecular formula is C18H26N2O2. The van der Waals surface area contributed by atoms with Gasteiger partial charge in [-0.25, -0.2) is 4.79 Å². The lowest BCUT2D eigenvalue weighted by atomic mass is 9.90. The maximum absolute atomic E-state index is 12.1. The Morgan fingerprint density at radius 1 is 1.36 bits per heavy atom. The Kier molecular flexibility index (Phi) is 4.13. The van der Waals surface area contributed by atoms with Gasteiger partial charge in [0.05, 0.1) is 0 Å². The van der Waals surface area contributed by atoms with Gasteiger partial charge in [-0.3, -0.25) is 0 Å². The molecule has 4 nitrogen and oxygen atoms in total. The summed E-state index contributed by atoms with van der Waals surface area (Å²) >= 11 is 0. The maximum atomic E-state index is 12.1. The Balaban J connectivity index is 1.45. The van der Waals surface area contributed by atoms with E-state index >= 15 is 0 Å². The highest BCUT2D eigenvalue weighted by molar-refractivity contribution is 5.75. The molecule has 0 spiro atoms. The van der Waals surface area contributed by atoms with Crippen LogP contribution in [0.1, 0.15) is 37.3 Å². The Bertz CT molecular complexity index is 556. The first-order chi connectivity index (χ1) is 10.5. The Morgan fingerprint density at radius 2 is 2.14 bits per heavy atom. The van der Waals surface area contributed by atoms with Gasteiger partial charge in [-0.15, -0.1) is 0 Å². The van der Waals surface area contributed by atoms with Crippen molar-refractivity contribution in [3.8, 4) is 0 Å². The highest BCUT2D eigenvalue weighted by atomic mass is 16.5. The largest absolute Gasteiger partial charge is 0.385 e. The van der Waals surface area contributed by atoms with Crippen molar-refractivity contribution < 1.29 is 9.53 Å². The molecule has 1 fully saturated rings. The minimum Gasteiger partial charge on any atom is -0.385 e. The number of carbonyl (C=O) groups is 1. The number of urea groups is 1. The van der Waals surface area contributed by atoms with Crippen LogP contribution in [0.15, 0.2) is 24.3 Å². The van der Waals surface area contributed by atoms with Crippen molar-refractivity contribution in [3.05, 3.63) is 35.4 Å². The van der Waals surface area contributed by atoms with Crippen molar-refractivity contribution in [1.29, 1.82) is 0 Å². The third-order valence-corrected chi connectivity index (χ3v) is 5.05. The van der Waals surface area contributed by atoms with E-state index in [4.69, 9.17) is 4.74 Å². The van der Waals surface area contributed by atoms with Crippen molar-refractivity contribution in [2.75, 3.05) is 20.3 Å². The van der Waals surface area contributed by atoms with Gasteiger partial charge < -0.3 is 15.4 Å². The standard InChI is InChI=1S/C18H26N2O2/c1-18(2,8-9-22-3)11-19-17(21)20-16-14-10-12-6-4-5-7-13(12)15(14)16/h4-7,14-16H,8-11H2,1-3H3,(H2,19,20,21)/t14-,15-,16-/m1/s1. The molecule has 1 aromatic rings. The van der Waals surface area contributed by atoms with Crippen LogP contribution in [-0.4, -0.2) is 32.3 Å². The summed E-state index contributed by atoms with van der Waals surface area (Å²) in [5.41, 5.74) is 2.94. The van der Waals surface area contributed by atoms with E-state index in [1.165, 1.54) is 11.1 Å². The van der Waals surface area contributed by atoms with Crippen LogP contribution in [0.25, 0.3) is 0 Å². The van der Waals surface area contributed by atoms with Gasteiger partial charge in [-0.05, 0) is 35.3 Å². The van der Waals surface area contributed by atoms with E-state index in [9.17, 15) is 4.79 Å². The number of benzene rings is 1. The molecule has 2 aliphatic carbocycles. The van der Waals surface area contributed by atoms with Gasteiger partial charge in [0.25, 0.3) is 0 Å². The number of amides is 2. The van der Waals surface area contributed by atoms with Crippen LogP contribution in [-0.2, 0) is 11.2 Å². The van der Waals surface area contributed by atoms with Gasteiger partial charge in [0.1, 0.15) is 0 Å². The Hall–Kier alpha value is -1.55. The van der Waals surface area contributed by atoms with E-state index in [-0.39, 0.29) is 11.4 Å². The molecule has 2 amide bonds. The van der Waals surface area contributed by atoms with E-state index < -0.39 is 0 Å². The van der Waals surface area contributed by atoms with Crippen molar-refractivity contribution in [2.45, 2.75) is 38.6 Å². The Labute approximate surface area is 132 Å². The maximum Gasteiger partial charge on any atom is 0.315 e. The smallest absolute Gasteiger partial charge is 0.315 e. The fraction of sp³-hybridized carbons (Fsp3) is 0.611. The number of ether oxygens (including phenoxy) is 1. The molecule has 2 aliphatic rings. The van der Waals surface area contributed by atoms with Crippen LogP contribution in [0.4, 0.5) is 4.79 Å². The number of carbonyl (C=O) groups excluding carboxylic acids is 1. The summed E-state index contributed by atoms with van der Waals surface area (Å²) in [5, 5.41) is 6.16. The zero-order valence-corrected chi connectivity index (χ0v) is 13.7. The second-order valence-electron chi connectivity index (χ2n) is 7.35. The number of fused-ring (bicyclic) bond motifs is 3. The van der Waals surface area contributed by atoms with E-state index in [0.29, 0.717) is 24.4 Å². The topological polar surface area (TPSA) is 50.4 Å². The molecule has 0 bridgehead atoms. The number of hydrogen-bond acceptors (Lipinski definition) is 2. The first-order valence-electron chi connectivity index (χ1n) is 8.13. The molecule has 4 heteroatoms. The lowest BCUT2D eigenvalue weighted by molar-refractivity contribution is 0.151. The van der Waals surface area contributed by atoms with Crippen LogP contribution in [0.2, 0.25) is 0 Å². The lowest BCUT2D eigenvalue weighted by Gasteiger charge is -2.24. The molecular weight excluding hydrogens is 276 g/mol. The number of nitrogens with one attached hydrogen (secondary N) is 2. The highest BCUT2D eigenvalue weighted by Crippen LogP contribution is 2.56. The predicted octanol–water partition coefficient (Wildman–Crippen LogP) is 2.69. The molecule has 3 rings (SSSR count). The number of rotatable bonds is 6. The van der Waals surface area contributed by atoms with Gasteiger partial charge in [-0.2, -0.15) is 0 Å². The zero-order valence-electron chi connectivity index (χ0n) is 13.7. The molecule has 0 saturated heterocycles. The summed E-state index contributed by atoms with van der Waals surface area (Å²) in [4.78, 5) is 12.1. The van der Waals surface area contributed by atoms with Crippen molar-refractivity contribution >= 4 is 6.03 Å². The fourth-order valence-electron chi connectivity index (χ4n) is 3.54. The molecule has 22 heavy (non-hydrogen) atoms. The molecule has 1 saturated carbocycles. The van der Waals surface area contributed by atoms with Gasteiger partial charge in [0, 0.05) is 32.2 Å². The third-order valence-electron chi connectivity index (χ3n) is 5.05. The fourth-order valence-corrected chi connectivity index (χ4v) is 3.54. The van der Waals surface area contributed by atoms with Crippen molar-refractivity contribution in [1.82, 2.24) is 10.6 Å². The quantitative estimate of drug-likeness (QED) is 0.849. The van der Waals surface area contributed by atoms with Crippen LogP contribution in [0.3, 0.4) is 0 Å². The summed E-state index contributed by atoms with van der Waals surface area (Å²) in [6.07, 6.45) is 2.04. The summed E-state index contributed by atoms with van der Waals surface area (Å²) in [7, 11) is 1.71. The first-order valence-corrected chi connectivity index (χ1v) is 8.13. The SMILES string of the molecule is COCCC(C)(C)CNC(=O)N[C@@H]1[C@@H]2Cc3ccccc3[C@H]21. The predicted molar refractivity (Wildman–Crippen MR) is 87.0 cm³/mol.